The van der Waals surface area contributed by atoms with E-state index in [-0.39, 0.29) is 11.5 Å². The summed E-state index contributed by atoms with van der Waals surface area (Å²) < 4.78 is 6.64. The molecule has 0 aromatic heterocycles. The number of phenolic OH excluding ortho intramolecular Hbond substituents is 1. The number of para-hydroxylation sites is 2. The van der Waals surface area contributed by atoms with Gasteiger partial charge < -0.3 is 20.9 Å². The van der Waals surface area contributed by atoms with Crippen LogP contribution in [0.1, 0.15) is 42.8 Å². The van der Waals surface area contributed by atoms with Crippen molar-refractivity contribution >= 4 is 57.4 Å². The summed E-state index contributed by atoms with van der Waals surface area (Å²) in [5.74, 6) is -0.547. The first kappa shape index (κ1) is 27.7. The average molecular weight is 613 g/mol. The molecule has 0 fully saturated rings. The molecule has 0 heterocycles. The van der Waals surface area contributed by atoms with E-state index in [1.807, 2.05) is 0 Å². The number of hydrogen-bond donors (Lipinski definition) is 4. The number of amides is 2. The van der Waals surface area contributed by atoms with Gasteiger partial charge >= 0.3 is 6.09 Å². The third kappa shape index (κ3) is 7.56. The Hall–Kier alpha value is -3.86. The number of benzene rings is 3. The lowest BCUT2D eigenvalue weighted by molar-refractivity contribution is -0.112. The highest BCUT2D eigenvalue weighted by molar-refractivity contribution is 14.1. The maximum Gasteiger partial charge on any atom is 0.412 e. The fourth-order valence-electron chi connectivity index (χ4n) is 3.56. The molecule has 192 valence electrons. The van der Waals surface area contributed by atoms with Crippen LogP contribution in [-0.4, -0.2) is 22.9 Å². The summed E-state index contributed by atoms with van der Waals surface area (Å²) in [6.45, 7) is 5.03. The molecule has 0 saturated heterocycles. The van der Waals surface area contributed by atoms with E-state index >= 15 is 0 Å². The van der Waals surface area contributed by atoms with Gasteiger partial charge in [0.1, 0.15) is 11.9 Å². The minimum absolute atomic E-state index is 0.0491. The Morgan fingerprint density at radius 2 is 1.70 bits per heavy atom. The van der Waals surface area contributed by atoms with Gasteiger partial charge in [-0.2, -0.15) is 0 Å². The summed E-state index contributed by atoms with van der Waals surface area (Å²) in [4.78, 5) is 37.0. The normalized spacial score (nSPS) is 12.1. The molecule has 0 aliphatic carbocycles. The second-order valence-electron chi connectivity index (χ2n) is 8.98. The van der Waals surface area contributed by atoms with Gasteiger partial charge in [-0.1, -0.05) is 32.1 Å². The quantitative estimate of drug-likeness (QED) is 0.102. The average Bonchev–Trinajstić information content (AvgIpc) is 2.84. The zero-order valence-corrected chi connectivity index (χ0v) is 22.8. The number of phenols is 1. The molecule has 0 radical (unpaired) electrons. The Bertz CT molecular complexity index is 1340. The van der Waals surface area contributed by atoms with Crippen molar-refractivity contribution < 1.29 is 24.2 Å². The van der Waals surface area contributed by atoms with Crippen LogP contribution in [0.5, 0.6) is 5.75 Å². The van der Waals surface area contributed by atoms with E-state index in [9.17, 15) is 19.5 Å². The highest BCUT2D eigenvalue weighted by atomic mass is 127. The molecule has 8 nitrogen and oxygen atoms in total. The standard InChI is InChI=1S/C28H28IN3O5/c1-17(33)18-8-11-20(12-9-18)31-27(36)37-26(21-16-19(29)10-13-24(21)34)28(2,3)15-14-25(35)32-23-7-5-4-6-22(23)30/h4-16,26,34H,30H2,1-3H3,(H,31,36)(H,32,35)/b15-14+/t26-/m1/s1. The molecule has 37 heavy (non-hydrogen) atoms. The number of ketones is 1. The molecular weight excluding hydrogens is 585 g/mol. The second kappa shape index (κ2) is 11.9. The smallest absolute Gasteiger partial charge is 0.412 e. The third-order valence-electron chi connectivity index (χ3n) is 5.59. The van der Waals surface area contributed by atoms with Crippen LogP contribution in [-0.2, 0) is 9.53 Å². The zero-order chi connectivity index (χ0) is 27.2. The van der Waals surface area contributed by atoms with Crippen LogP contribution in [0.2, 0.25) is 0 Å². The van der Waals surface area contributed by atoms with E-state index in [1.165, 1.54) is 19.1 Å². The Balaban J connectivity index is 1.84. The van der Waals surface area contributed by atoms with Crippen molar-refractivity contribution in [3.8, 4) is 5.75 Å². The van der Waals surface area contributed by atoms with Crippen molar-refractivity contribution in [1.82, 2.24) is 0 Å². The predicted molar refractivity (Wildman–Crippen MR) is 153 cm³/mol. The van der Waals surface area contributed by atoms with Gasteiger partial charge in [0.05, 0.1) is 11.4 Å². The summed E-state index contributed by atoms with van der Waals surface area (Å²) in [5.41, 5.74) is 7.23. The van der Waals surface area contributed by atoms with E-state index in [0.29, 0.717) is 28.2 Å². The molecule has 0 aliphatic rings. The number of halogens is 1. The Morgan fingerprint density at radius 1 is 1.03 bits per heavy atom. The minimum Gasteiger partial charge on any atom is -0.508 e. The van der Waals surface area contributed by atoms with Gasteiger partial charge in [-0.15, -0.1) is 0 Å². The lowest BCUT2D eigenvalue weighted by Gasteiger charge is -2.32. The van der Waals surface area contributed by atoms with E-state index in [2.05, 4.69) is 33.2 Å². The van der Waals surface area contributed by atoms with Gasteiger partial charge in [0.2, 0.25) is 5.91 Å². The summed E-state index contributed by atoms with van der Waals surface area (Å²) >= 11 is 2.10. The largest absolute Gasteiger partial charge is 0.508 e. The lowest BCUT2D eigenvalue weighted by atomic mass is 9.81. The second-order valence-corrected chi connectivity index (χ2v) is 10.2. The molecule has 9 heteroatoms. The van der Waals surface area contributed by atoms with Crippen LogP contribution >= 0.6 is 22.6 Å². The van der Waals surface area contributed by atoms with Crippen molar-refractivity contribution in [1.29, 1.82) is 0 Å². The molecule has 3 rings (SSSR count). The van der Waals surface area contributed by atoms with Crippen molar-refractivity contribution in [3.05, 3.63) is 93.6 Å². The molecule has 0 spiro atoms. The number of anilines is 3. The van der Waals surface area contributed by atoms with Gasteiger partial charge in [0, 0.05) is 25.8 Å². The van der Waals surface area contributed by atoms with E-state index < -0.39 is 23.5 Å². The minimum atomic E-state index is -0.954. The van der Waals surface area contributed by atoms with Gasteiger partial charge in [-0.3, -0.25) is 14.9 Å². The van der Waals surface area contributed by atoms with Crippen LogP contribution in [0.15, 0.2) is 78.9 Å². The first-order chi connectivity index (χ1) is 17.5. The molecule has 0 aliphatic heterocycles. The fraction of sp³-hybridized carbons (Fsp3) is 0.179. The highest BCUT2D eigenvalue weighted by Crippen LogP contribution is 2.42. The van der Waals surface area contributed by atoms with Crippen LogP contribution in [0.25, 0.3) is 0 Å². The van der Waals surface area contributed by atoms with Crippen molar-refractivity contribution in [2.45, 2.75) is 26.9 Å². The molecule has 0 saturated carbocycles. The number of carbonyl (C=O) groups excluding carboxylic acids is 3. The van der Waals surface area contributed by atoms with E-state index in [1.54, 1.807) is 80.6 Å². The van der Waals surface area contributed by atoms with Crippen molar-refractivity contribution in [2.75, 3.05) is 16.4 Å². The number of ether oxygens (including phenoxy) is 1. The zero-order valence-electron chi connectivity index (χ0n) is 20.6. The van der Waals surface area contributed by atoms with Crippen LogP contribution in [0.4, 0.5) is 21.9 Å². The number of nitrogen functional groups attached to an aromatic ring is 1. The number of aromatic hydroxyl groups is 1. The Morgan fingerprint density at radius 3 is 2.35 bits per heavy atom. The molecule has 1 atom stereocenters. The van der Waals surface area contributed by atoms with Crippen LogP contribution < -0.4 is 16.4 Å². The summed E-state index contributed by atoms with van der Waals surface area (Å²) in [7, 11) is 0. The number of hydrogen-bond acceptors (Lipinski definition) is 6. The number of nitrogens with two attached hydrogens (primary N) is 1. The molecule has 3 aromatic rings. The van der Waals surface area contributed by atoms with Gasteiger partial charge in [0.15, 0.2) is 5.78 Å². The number of Topliss-reactive ketones (excluding diaryl/α,β-unsaturated/α-hetero) is 1. The first-order valence-corrected chi connectivity index (χ1v) is 12.5. The molecule has 0 unspecified atom stereocenters. The number of nitrogens with one attached hydrogen (secondary N) is 2. The van der Waals surface area contributed by atoms with Crippen LogP contribution in [0.3, 0.4) is 0 Å². The highest BCUT2D eigenvalue weighted by Gasteiger charge is 2.34. The number of carbonyl (C=O) groups is 3. The van der Waals surface area contributed by atoms with Crippen molar-refractivity contribution in [2.24, 2.45) is 5.41 Å². The summed E-state index contributed by atoms with van der Waals surface area (Å²) in [5, 5.41) is 16.0. The third-order valence-corrected chi connectivity index (χ3v) is 6.26. The first-order valence-electron chi connectivity index (χ1n) is 11.4. The predicted octanol–water partition coefficient (Wildman–Crippen LogP) is 6.29. The molecule has 2 amide bonds. The fourth-order valence-corrected chi connectivity index (χ4v) is 4.07. The van der Waals surface area contributed by atoms with Gasteiger partial charge in [-0.25, -0.2) is 4.79 Å². The van der Waals surface area contributed by atoms with Crippen molar-refractivity contribution in [3.63, 3.8) is 0 Å². The van der Waals surface area contributed by atoms with Crippen LogP contribution in [0, 0.1) is 8.99 Å². The molecule has 5 N–H and O–H groups in total. The SMILES string of the molecule is CC(=O)c1ccc(NC(=O)O[C@H](c2cc(I)ccc2O)C(C)(C)/C=C/C(=O)Nc2ccccc2N)cc1. The van der Waals surface area contributed by atoms with Gasteiger partial charge in [0.25, 0.3) is 0 Å². The Kier molecular flexibility index (Phi) is 8.93. The van der Waals surface area contributed by atoms with Gasteiger partial charge in [-0.05, 0) is 90.2 Å². The molecule has 3 aromatic carbocycles. The number of rotatable bonds is 8. The monoisotopic (exact) mass is 613 g/mol. The van der Waals surface area contributed by atoms with E-state index in [4.69, 9.17) is 10.5 Å². The summed E-state index contributed by atoms with van der Waals surface area (Å²) in [6.07, 6.45) is 1.23. The topological polar surface area (TPSA) is 131 Å². The van der Waals surface area contributed by atoms with E-state index in [0.717, 1.165) is 3.57 Å². The maximum absolute atomic E-state index is 12.9. The summed E-state index contributed by atoms with van der Waals surface area (Å²) in [6, 6.07) is 18.3. The maximum atomic E-state index is 12.9. The Labute approximate surface area is 229 Å². The molecular formula is C28H28IN3O5. The lowest BCUT2D eigenvalue weighted by Crippen LogP contribution is -2.28. The molecule has 0 bridgehead atoms.